The van der Waals surface area contributed by atoms with Crippen molar-refractivity contribution in [2.24, 2.45) is 5.73 Å². The van der Waals surface area contributed by atoms with Crippen molar-refractivity contribution >= 4 is 22.7 Å². The third-order valence-corrected chi connectivity index (χ3v) is 4.35. The molecule has 8 nitrogen and oxygen atoms in total. The van der Waals surface area contributed by atoms with Gasteiger partial charge in [-0.05, 0) is 6.07 Å². The van der Waals surface area contributed by atoms with Crippen LogP contribution in [0.1, 0.15) is 16.2 Å². The third-order valence-electron chi connectivity index (χ3n) is 4.35. The Hall–Kier alpha value is -3.16. The average Bonchev–Trinajstić information content (AvgIpc) is 3.19. The molecule has 0 spiro atoms. The van der Waals surface area contributed by atoms with E-state index in [1.165, 1.54) is 0 Å². The Balaban J connectivity index is 1.61. The van der Waals surface area contributed by atoms with Crippen molar-refractivity contribution in [2.75, 3.05) is 6.54 Å². The molecule has 1 aliphatic rings. The molecule has 2 aromatic heterocycles. The molecule has 24 heavy (non-hydrogen) atoms. The summed E-state index contributed by atoms with van der Waals surface area (Å²) in [5.74, 6) is 0.259. The van der Waals surface area contributed by atoms with E-state index >= 15 is 0 Å². The molecule has 1 aliphatic heterocycles. The summed E-state index contributed by atoms with van der Waals surface area (Å²) in [5, 5.41) is 8.65. The Morgan fingerprint density at radius 3 is 2.88 bits per heavy atom. The fourth-order valence-electron chi connectivity index (χ4n) is 3.10. The summed E-state index contributed by atoms with van der Waals surface area (Å²) in [6, 6.07) is 7.43. The molecule has 2 N–H and O–H groups in total. The van der Waals surface area contributed by atoms with Crippen LogP contribution < -0.4 is 5.73 Å². The Morgan fingerprint density at radius 1 is 1.21 bits per heavy atom. The number of nitrogens with two attached hydrogens (primary N) is 1. The van der Waals surface area contributed by atoms with E-state index in [2.05, 4.69) is 10.2 Å². The van der Waals surface area contributed by atoms with E-state index in [9.17, 15) is 9.59 Å². The lowest BCUT2D eigenvalue weighted by Crippen LogP contribution is -2.39. The van der Waals surface area contributed by atoms with Crippen molar-refractivity contribution in [2.45, 2.75) is 19.6 Å². The number of para-hydroxylation sites is 1. The van der Waals surface area contributed by atoms with Gasteiger partial charge in [0.05, 0.1) is 12.1 Å². The highest BCUT2D eigenvalue weighted by Crippen LogP contribution is 2.21. The van der Waals surface area contributed by atoms with Gasteiger partial charge in [-0.1, -0.05) is 18.2 Å². The lowest BCUT2D eigenvalue weighted by atomic mass is 10.2. The minimum atomic E-state index is -0.497. The predicted molar refractivity (Wildman–Crippen MR) is 85.9 cm³/mol. The van der Waals surface area contributed by atoms with E-state index in [1.54, 1.807) is 22.0 Å². The Labute approximate surface area is 137 Å². The van der Waals surface area contributed by atoms with Gasteiger partial charge in [0.25, 0.3) is 5.91 Å². The molecule has 4 rings (SSSR count). The largest absolute Gasteiger partial charge is 0.366 e. The summed E-state index contributed by atoms with van der Waals surface area (Å²) in [4.78, 5) is 26.0. The highest BCUT2D eigenvalue weighted by atomic mass is 16.2. The number of benzene rings is 1. The summed E-state index contributed by atoms with van der Waals surface area (Å²) in [5.41, 5.74) is 6.69. The Morgan fingerprint density at radius 2 is 2.04 bits per heavy atom. The fraction of sp³-hybridized carbons (Fsp3) is 0.250. The first-order chi connectivity index (χ1) is 11.6. The van der Waals surface area contributed by atoms with Gasteiger partial charge < -0.3 is 19.8 Å². The number of hydrogen-bond acceptors (Lipinski definition) is 4. The van der Waals surface area contributed by atoms with Gasteiger partial charge in [0.2, 0.25) is 5.91 Å². The molecule has 0 saturated heterocycles. The molecule has 0 fully saturated rings. The fourth-order valence-corrected chi connectivity index (χ4v) is 3.10. The quantitative estimate of drug-likeness (QED) is 0.752. The van der Waals surface area contributed by atoms with Crippen LogP contribution in [0.4, 0.5) is 0 Å². The molecule has 0 saturated carbocycles. The zero-order valence-electron chi connectivity index (χ0n) is 12.9. The summed E-state index contributed by atoms with van der Waals surface area (Å²) >= 11 is 0. The van der Waals surface area contributed by atoms with Crippen molar-refractivity contribution in [3.63, 3.8) is 0 Å². The summed E-state index contributed by atoms with van der Waals surface area (Å²) in [6.45, 7) is 1.90. The smallest absolute Gasteiger partial charge is 0.250 e. The second-order valence-corrected chi connectivity index (χ2v) is 5.81. The Bertz CT molecular complexity index is 941. The van der Waals surface area contributed by atoms with Gasteiger partial charge in [-0.25, -0.2) is 0 Å². The molecule has 2 amide bonds. The van der Waals surface area contributed by atoms with Crippen molar-refractivity contribution < 1.29 is 9.59 Å². The van der Waals surface area contributed by atoms with Crippen molar-refractivity contribution in [1.29, 1.82) is 0 Å². The lowest BCUT2D eigenvalue weighted by Gasteiger charge is -2.27. The number of carbonyl (C=O) groups is 2. The van der Waals surface area contributed by atoms with Crippen molar-refractivity contribution in [3.05, 3.63) is 48.2 Å². The molecule has 0 bridgehead atoms. The maximum atomic E-state index is 12.7. The van der Waals surface area contributed by atoms with Crippen LogP contribution >= 0.6 is 0 Å². The number of rotatable bonds is 3. The van der Waals surface area contributed by atoms with Crippen LogP contribution in [-0.2, 0) is 24.4 Å². The summed E-state index contributed by atoms with van der Waals surface area (Å²) in [7, 11) is 0. The van der Waals surface area contributed by atoms with Crippen molar-refractivity contribution in [3.8, 4) is 0 Å². The predicted octanol–water partition coefficient (Wildman–Crippen LogP) is 0.374. The van der Waals surface area contributed by atoms with Gasteiger partial charge in [-0.15, -0.1) is 10.2 Å². The number of nitrogens with zero attached hydrogens (tertiary/aromatic N) is 5. The Kier molecular flexibility index (Phi) is 3.30. The van der Waals surface area contributed by atoms with Crippen LogP contribution in [0, 0.1) is 0 Å². The molecule has 0 radical (unpaired) electrons. The molecule has 0 aliphatic carbocycles. The summed E-state index contributed by atoms with van der Waals surface area (Å²) in [6.07, 6.45) is 3.33. The molecular formula is C16H16N6O2. The normalized spacial score (nSPS) is 13.9. The maximum absolute atomic E-state index is 12.7. The molecule has 122 valence electrons. The highest BCUT2D eigenvalue weighted by molar-refractivity contribution is 6.06. The van der Waals surface area contributed by atoms with E-state index in [-0.39, 0.29) is 12.5 Å². The molecule has 3 aromatic rings. The number of primary amides is 1. The molecule has 1 aromatic carbocycles. The SMILES string of the molecule is NC(=O)c1cn(CC(=O)N2CCn3cnnc3C2)c2ccccc12. The maximum Gasteiger partial charge on any atom is 0.250 e. The minimum absolute atomic E-state index is 0.0268. The van der Waals surface area contributed by atoms with Crippen LogP contribution in [0.25, 0.3) is 10.9 Å². The first kappa shape index (κ1) is 14.4. The van der Waals surface area contributed by atoms with Crippen molar-refractivity contribution in [1.82, 2.24) is 24.2 Å². The van der Waals surface area contributed by atoms with Gasteiger partial charge in [0, 0.05) is 30.2 Å². The van der Waals surface area contributed by atoms with Crippen LogP contribution in [0.5, 0.6) is 0 Å². The number of hydrogen-bond donors (Lipinski definition) is 1. The lowest BCUT2D eigenvalue weighted by molar-refractivity contribution is -0.133. The van der Waals surface area contributed by atoms with Crippen LogP contribution in [0.2, 0.25) is 0 Å². The molecular weight excluding hydrogens is 308 g/mol. The van der Waals surface area contributed by atoms with E-state index in [1.807, 2.05) is 28.8 Å². The molecule has 8 heteroatoms. The van der Waals surface area contributed by atoms with Crippen LogP contribution in [-0.4, -0.2) is 42.6 Å². The van der Waals surface area contributed by atoms with Gasteiger partial charge in [0.15, 0.2) is 5.82 Å². The van der Waals surface area contributed by atoms with E-state index < -0.39 is 5.91 Å². The topological polar surface area (TPSA) is 99.0 Å². The van der Waals surface area contributed by atoms with Gasteiger partial charge >= 0.3 is 0 Å². The van der Waals surface area contributed by atoms with Gasteiger partial charge in [-0.3, -0.25) is 9.59 Å². The summed E-state index contributed by atoms with van der Waals surface area (Å²) < 4.78 is 3.72. The van der Waals surface area contributed by atoms with E-state index in [0.717, 1.165) is 16.7 Å². The second-order valence-electron chi connectivity index (χ2n) is 5.81. The number of carbonyl (C=O) groups excluding carboxylic acids is 2. The van der Waals surface area contributed by atoms with E-state index in [4.69, 9.17) is 5.73 Å². The molecule has 0 atom stereocenters. The molecule has 3 heterocycles. The van der Waals surface area contributed by atoms with Crippen LogP contribution in [0.15, 0.2) is 36.8 Å². The number of aromatic nitrogens is 4. The first-order valence-corrected chi connectivity index (χ1v) is 7.65. The molecule has 0 unspecified atom stereocenters. The van der Waals surface area contributed by atoms with Gasteiger partial charge in [0.1, 0.15) is 12.9 Å². The van der Waals surface area contributed by atoms with E-state index in [0.29, 0.717) is 25.2 Å². The van der Waals surface area contributed by atoms with Gasteiger partial charge in [-0.2, -0.15) is 0 Å². The zero-order valence-corrected chi connectivity index (χ0v) is 12.9. The monoisotopic (exact) mass is 324 g/mol. The first-order valence-electron chi connectivity index (χ1n) is 7.65. The van der Waals surface area contributed by atoms with Crippen LogP contribution in [0.3, 0.4) is 0 Å². The number of amides is 2. The minimum Gasteiger partial charge on any atom is -0.366 e. The zero-order chi connectivity index (χ0) is 16.7. The second kappa shape index (κ2) is 5.48. The average molecular weight is 324 g/mol. The standard InChI is InChI=1S/C16H16N6O2/c17-16(24)12-7-22(13-4-2-1-3-11(12)13)9-15(23)20-5-6-21-10-18-19-14(21)8-20/h1-4,7,10H,5-6,8-9H2,(H2,17,24). The highest BCUT2D eigenvalue weighted by Gasteiger charge is 2.23. The number of fused-ring (bicyclic) bond motifs is 2. The third kappa shape index (κ3) is 2.32.